The van der Waals surface area contributed by atoms with Crippen molar-refractivity contribution < 1.29 is 13.6 Å². The average Bonchev–Trinajstić information content (AvgIpc) is 3.17. The maximum atomic E-state index is 13.9. The maximum Gasteiger partial charge on any atom is 0.243 e. The molecule has 3 rings (SSSR count). The third-order valence-corrected chi connectivity index (χ3v) is 19.2. The molecule has 1 amide bonds. The standard InChI is InChI=1S/C30H54N2O3Si2/c1-9-37(10-2,11-3)34-21-15-18-26-23-32(22-25-16-13-12-14-17-25)30(27(26)19-20-31-28(30)33)24-35-36(7,8)29(4,5)6/h12-14,16-17,26-27H,9-11,15,18-24H2,1-8H3,(H,31,33)/t26-,27-,30+/m1/s1. The van der Waals surface area contributed by atoms with Crippen LogP contribution in [0, 0.1) is 11.8 Å². The molecule has 2 aliphatic rings. The summed E-state index contributed by atoms with van der Waals surface area (Å²) in [5.74, 6) is 0.981. The molecule has 3 atom stereocenters. The number of piperidine rings is 1. The first-order valence-corrected chi connectivity index (χ1v) is 20.2. The fourth-order valence-corrected chi connectivity index (χ4v) is 9.95. The molecule has 7 heteroatoms. The van der Waals surface area contributed by atoms with Crippen LogP contribution in [0.3, 0.4) is 0 Å². The van der Waals surface area contributed by atoms with Crippen LogP contribution in [0.2, 0.25) is 36.3 Å². The average molecular weight is 547 g/mol. The van der Waals surface area contributed by atoms with Crippen LogP contribution in [0.15, 0.2) is 30.3 Å². The van der Waals surface area contributed by atoms with Gasteiger partial charge in [0, 0.05) is 26.2 Å². The van der Waals surface area contributed by atoms with Gasteiger partial charge in [0.05, 0.1) is 6.61 Å². The van der Waals surface area contributed by atoms with Crippen molar-refractivity contribution in [2.24, 2.45) is 11.8 Å². The third kappa shape index (κ3) is 6.60. The van der Waals surface area contributed by atoms with Gasteiger partial charge in [0.25, 0.3) is 0 Å². The van der Waals surface area contributed by atoms with Crippen molar-refractivity contribution in [2.45, 2.75) is 109 Å². The molecule has 0 spiro atoms. The second-order valence-corrected chi connectivity index (χ2v) is 22.6. The van der Waals surface area contributed by atoms with E-state index in [1.54, 1.807) is 0 Å². The van der Waals surface area contributed by atoms with Gasteiger partial charge in [-0.15, -0.1) is 0 Å². The maximum absolute atomic E-state index is 13.9. The molecule has 0 aromatic heterocycles. The number of rotatable bonds is 13. The molecule has 0 saturated carbocycles. The van der Waals surface area contributed by atoms with Crippen LogP contribution in [0.4, 0.5) is 0 Å². The van der Waals surface area contributed by atoms with E-state index >= 15 is 0 Å². The van der Waals surface area contributed by atoms with E-state index in [0.717, 1.165) is 45.5 Å². The molecule has 2 saturated heterocycles. The molecule has 0 bridgehead atoms. The summed E-state index contributed by atoms with van der Waals surface area (Å²) in [4.78, 5) is 16.3. The minimum atomic E-state index is -2.01. The Labute approximate surface area is 229 Å². The molecule has 2 fully saturated rings. The van der Waals surface area contributed by atoms with Crippen molar-refractivity contribution in [3.63, 3.8) is 0 Å². The summed E-state index contributed by atoms with van der Waals surface area (Å²) in [5.41, 5.74) is 0.670. The van der Waals surface area contributed by atoms with Gasteiger partial charge in [-0.25, -0.2) is 0 Å². The number of nitrogens with one attached hydrogen (secondary N) is 1. The fourth-order valence-electron chi connectivity index (χ4n) is 6.24. The Morgan fingerprint density at radius 1 is 1.05 bits per heavy atom. The van der Waals surface area contributed by atoms with Crippen LogP contribution in [-0.2, 0) is 20.2 Å². The molecular formula is C30H54N2O3Si2. The lowest BCUT2D eigenvalue weighted by Crippen LogP contribution is -2.66. The van der Waals surface area contributed by atoms with Crippen molar-refractivity contribution in [1.29, 1.82) is 0 Å². The summed E-state index contributed by atoms with van der Waals surface area (Å²) in [6, 6.07) is 14.2. The van der Waals surface area contributed by atoms with E-state index in [0.29, 0.717) is 18.4 Å². The number of amides is 1. The number of nitrogens with zero attached hydrogens (tertiary/aromatic N) is 1. The monoisotopic (exact) mass is 546 g/mol. The van der Waals surface area contributed by atoms with Crippen LogP contribution in [0.25, 0.3) is 0 Å². The highest BCUT2D eigenvalue weighted by molar-refractivity contribution is 6.74. The van der Waals surface area contributed by atoms with Crippen LogP contribution >= 0.6 is 0 Å². The van der Waals surface area contributed by atoms with E-state index in [1.807, 2.05) is 0 Å². The van der Waals surface area contributed by atoms with Crippen molar-refractivity contribution in [3.05, 3.63) is 35.9 Å². The number of hydrogen-bond donors (Lipinski definition) is 1. The lowest BCUT2D eigenvalue weighted by atomic mass is 9.74. The highest BCUT2D eigenvalue weighted by Crippen LogP contribution is 2.47. The van der Waals surface area contributed by atoms with E-state index in [1.165, 1.54) is 23.7 Å². The molecule has 1 aromatic rings. The Morgan fingerprint density at radius 3 is 2.30 bits per heavy atom. The molecule has 0 radical (unpaired) electrons. The summed E-state index contributed by atoms with van der Waals surface area (Å²) >= 11 is 0. The van der Waals surface area contributed by atoms with E-state index in [9.17, 15) is 4.79 Å². The first kappa shape index (κ1) is 30.5. The number of carbonyl (C=O) groups excluding carboxylic acids is 1. The number of carbonyl (C=O) groups is 1. The van der Waals surface area contributed by atoms with Crippen molar-refractivity contribution in [2.75, 3.05) is 26.3 Å². The minimum Gasteiger partial charge on any atom is -0.417 e. The quantitative estimate of drug-likeness (QED) is 0.218. The van der Waals surface area contributed by atoms with Gasteiger partial charge >= 0.3 is 0 Å². The molecule has 2 heterocycles. The Balaban J connectivity index is 1.83. The zero-order valence-corrected chi connectivity index (χ0v) is 27.0. The van der Waals surface area contributed by atoms with E-state index in [2.05, 4.69) is 95.2 Å². The molecule has 5 nitrogen and oxygen atoms in total. The van der Waals surface area contributed by atoms with Crippen molar-refractivity contribution >= 4 is 22.5 Å². The summed E-state index contributed by atoms with van der Waals surface area (Å²) in [7, 11) is -3.57. The summed E-state index contributed by atoms with van der Waals surface area (Å²) in [6.07, 6.45) is 3.23. The fraction of sp³-hybridized carbons (Fsp3) is 0.767. The van der Waals surface area contributed by atoms with Gasteiger partial charge in [-0.3, -0.25) is 9.69 Å². The zero-order valence-electron chi connectivity index (χ0n) is 25.0. The summed E-state index contributed by atoms with van der Waals surface area (Å²) in [6.45, 7) is 22.2. The zero-order chi connectivity index (χ0) is 27.3. The van der Waals surface area contributed by atoms with Gasteiger partial charge in [-0.05, 0) is 72.9 Å². The Hall–Kier alpha value is -0.996. The Kier molecular flexibility index (Phi) is 10.3. The first-order valence-electron chi connectivity index (χ1n) is 14.8. The number of benzene rings is 1. The van der Waals surface area contributed by atoms with Crippen LogP contribution in [0.5, 0.6) is 0 Å². The SMILES string of the molecule is CC[Si](CC)(CC)OCCC[C@@H]1CN(Cc2ccccc2)[C@]2(CO[Si](C)(C)C(C)(C)C)C(=O)NCC[C@H]12. The Bertz CT molecular complexity index is 861. The second kappa shape index (κ2) is 12.5. The van der Waals surface area contributed by atoms with E-state index < -0.39 is 22.2 Å². The van der Waals surface area contributed by atoms with Gasteiger partial charge in [-0.2, -0.15) is 0 Å². The van der Waals surface area contributed by atoms with Gasteiger partial charge < -0.3 is 14.2 Å². The van der Waals surface area contributed by atoms with E-state index in [-0.39, 0.29) is 10.9 Å². The number of likely N-dealkylation sites (tertiary alicyclic amines) is 1. The molecule has 2 aliphatic heterocycles. The van der Waals surface area contributed by atoms with E-state index in [4.69, 9.17) is 8.85 Å². The predicted molar refractivity (Wildman–Crippen MR) is 160 cm³/mol. The molecule has 0 aliphatic carbocycles. The minimum absolute atomic E-state index is 0.109. The molecule has 1 aromatic carbocycles. The molecule has 37 heavy (non-hydrogen) atoms. The van der Waals surface area contributed by atoms with Gasteiger partial charge in [0.2, 0.25) is 5.91 Å². The van der Waals surface area contributed by atoms with Crippen LogP contribution < -0.4 is 5.32 Å². The molecular weight excluding hydrogens is 493 g/mol. The molecule has 1 N–H and O–H groups in total. The number of hydrogen-bond acceptors (Lipinski definition) is 4. The second-order valence-electron chi connectivity index (χ2n) is 13.0. The smallest absolute Gasteiger partial charge is 0.243 e. The highest BCUT2D eigenvalue weighted by atomic mass is 28.4. The normalized spacial score (nSPS) is 25.2. The molecule has 0 unspecified atom stereocenters. The number of fused-ring (bicyclic) bond motifs is 1. The topological polar surface area (TPSA) is 50.8 Å². The lowest BCUT2D eigenvalue weighted by molar-refractivity contribution is -0.140. The lowest BCUT2D eigenvalue weighted by Gasteiger charge is -2.47. The van der Waals surface area contributed by atoms with Gasteiger partial charge in [0.1, 0.15) is 5.54 Å². The van der Waals surface area contributed by atoms with Crippen molar-refractivity contribution in [1.82, 2.24) is 10.2 Å². The molecule has 210 valence electrons. The summed E-state index contributed by atoms with van der Waals surface area (Å²) < 4.78 is 13.5. The summed E-state index contributed by atoms with van der Waals surface area (Å²) in [5, 5.41) is 3.36. The van der Waals surface area contributed by atoms with Crippen LogP contribution in [0.1, 0.15) is 66.4 Å². The first-order chi connectivity index (χ1) is 17.4. The van der Waals surface area contributed by atoms with Gasteiger partial charge in [0.15, 0.2) is 16.6 Å². The van der Waals surface area contributed by atoms with Crippen LogP contribution in [-0.4, -0.2) is 59.3 Å². The van der Waals surface area contributed by atoms with Crippen molar-refractivity contribution in [3.8, 4) is 0 Å². The largest absolute Gasteiger partial charge is 0.417 e. The van der Waals surface area contributed by atoms with Gasteiger partial charge in [-0.1, -0.05) is 71.9 Å². The third-order valence-electron chi connectivity index (χ3n) is 10.1. The Morgan fingerprint density at radius 2 is 1.70 bits per heavy atom. The highest BCUT2D eigenvalue weighted by Gasteiger charge is 2.60. The predicted octanol–water partition coefficient (Wildman–Crippen LogP) is 6.82.